The van der Waals surface area contributed by atoms with Gasteiger partial charge in [-0.15, -0.1) is 0 Å². The van der Waals surface area contributed by atoms with E-state index in [2.05, 4.69) is 11.4 Å². The molecule has 0 bridgehead atoms. The topological polar surface area (TPSA) is 49.4 Å². The van der Waals surface area contributed by atoms with Crippen LogP contribution in [0.5, 0.6) is 0 Å². The van der Waals surface area contributed by atoms with E-state index in [1.165, 1.54) is 17.3 Å². The Morgan fingerprint density at radius 2 is 1.83 bits per heavy atom. The largest absolute Gasteiger partial charge is 0.325 e. The smallest absolute Gasteiger partial charge is 0.258 e. The fourth-order valence-corrected chi connectivity index (χ4v) is 3.03. The number of hydrogen-bond donors (Lipinski definition) is 1. The monoisotopic (exact) mass is 340 g/mol. The standard InChI is InChI=1S/C19H20N2O2S/c1-13(24-2)18(22)20-16-9-7-15(8-10-16)19(23)21-12-11-14-5-3-4-6-17(14)21/h3-10,13H,11-12H2,1-2H3,(H,20,22)/t13-/m1/s1. The molecule has 5 heteroatoms. The number of anilines is 2. The minimum Gasteiger partial charge on any atom is -0.325 e. The SMILES string of the molecule is CS[C@H](C)C(=O)Nc1ccc(C(=O)N2CCc3ccccc32)cc1. The first-order valence-corrected chi connectivity index (χ1v) is 9.22. The number of nitrogens with zero attached hydrogens (tertiary/aromatic N) is 1. The fraction of sp³-hybridized carbons (Fsp3) is 0.263. The van der Waals surface area contributed by atoms with Crippen molar-refractivity contribution in [2.45, 2.75) is 18.6 Å². The first-order valence-electron chi connectivity index (χ1n) is 7.93. The predicted molar refractivity (Wildman–Crippen MR) is 99.9 cm³/mol. The van der Waals surface area contributed by atoms with Gasteiger partial charge in [-0.1, -0.05) is 18.2 Å². The summed E-state index contributed by atoms with van der Waals surface area (Å²) in [7, 11) is 0. The second-order valence-electron chi connectivity index (χ2n) is 5.78. The van der Waals surface area contributed by atoms with Gasteiger partial charge in [0.2, 0.25) is 5.91 Å². The summed E-state index contributed by atoms with van der Waals surface area (Å²) in [6, 6.07) is 15.1. The van der Waals surface area contributed by atoms with Crippen molar-refractivity contribution in [2.75, 3.05) is 23.0 Å². The van der Waals surface area contributed by atoms with Crippen molar-refractivity contribution in [1.29, 1.82) is 0 Å². The Bertz CT molecular complexity index is 758. The van der Waals surface area contributed by atoms with Crippen LogP contribution in [0, 0.1) is 0 Å². The average Bonchev–Trinajstić information content (AvgIpc) is 3.05. The Kier molecular flexibility index (Phi) is 4.90. The van der Waals surface area contributed by atoms with E-state index in [9.17, 15) is 9.59 Å². The van der Waals surface area contributed by atoms with Gasteiger partial charge < -0.3 is 10.2 Å². The first kappa shape index (κ1) is 16.6. The third-order valence-electron chi connectivity index (χ3n) is 4.25. The van der Waals surface area contributed by atoms with Crippen LogP contribution >= 0.6 is 11.8 Å². The average molecular weight is 340 g/mol. The zero-order chi connectivity index (χ0) is 17.1. The Hall–Kier alpha value is -2.27. The summed E-state index contributed by atoms with van der Waals surface area (Å²) in [6.07, 6.45) is 2.79. The number of para-hydroxylation sites is 1. The molecule has 2 aromatic carbocycles. The lowest BCUT2D eigenvalue weighted by Gasteiger charge is -2.17. The lowest BCUT2D eigenvalue weighted by Crippen LogP contribution is -2.28. The highest BCUT2D eigenvalue weighted by molar-refractivity contribution is 7.99. The normalized spacial score (nSPS) is 14.2. The van der Waals surface area contributed by atoms with Crippen molar-refractivity contribution in [1.82, 2.24) is 0 Å². The van der Waals surface area contributed by atoms with E-state index in [1.807, 2.05) is 36.3 Å². The highest BCUT2D eigenvalue weighted by Gasteiger charge is 2.25. The fourth-order valence-electron chi connectivity index (χ4n) is 2.75. The molecular formula is C19H20N2O2S. The quantitative estimate of drug-likeness (QED) is 0.925. The highest BCUT2D eigenvalue weighted by Crippen LogP contribution is 2.29. The number of carbonyl (C=O) groups is 2. The van der Waals surface area contributed by atoms with Crippen molar-refractivity contribution in [3.8, 4) is 0 Å². The molecule has 4 nitrogen and oxygen atoms in total. The summed E-state index contributed by atoms with van der Waals surface area (Å²) in [5.74, 6) is -0.0367. The third-order valence-corrected chi connectivity index (χ3v) is 5.18. The van der Waals surface area contributed by atoms with Gasteiger partial charge in [0, 0.05) is 23.5 Å². The maximum Gasteiger partial charge on any atom is 0.258 e. The second kappa shape index (κ2) is 7.09. The van der Waals surface area contributed by atoms with E-state index in [1.54, 1.807) is 24.3 Å². The molecule has 1 heterocycles. The summed E-state index contributed by atoms with van der Waals surface area (Å²) in [5, 5.41) is 2.76. The second-order valence-corrected chi connectivity index (χ2v) is 6.96. The molecule has 1 N–H and O–H groups in total. The number of rotatable bonds is 4. The molecule has 0 fully saturated rings. The van der Waals surface area contributed by atoms with Crippen LogP contribution in [0.15, 0.2) is 48.5 Å². The van der Waals surface area contributed by atoms with E-state index in [-0.39, 0.29) is 17.1 Å². The minimum atomic E-state index is -0.104. The van der Waals surface area contributed by atoms with Crippen molar-refractivity contribution in [3.05, 3.63) is 59.7 Å². The number of amides is 2. The van der Waals surface area contributed by atoms with Crippen molar-refractivity contribution in [3.63, 3.8) is 0 Å². The van der Waals surface area contributed by atoms with Gasteiger partial charge in [-0.2, -0.15) is 11.8 Å². The molecule has 2 amide bonds. The van der Waals surface area contributed by atoms with Gasteiger partial charge in [0.25, 0.3) is 5.91 Å². The van der Waals surface area contributed by atoms with E-state index in [0.717, 1.165) is 12.1 Å². The number of fused-ring (bicyclic) bond motifs is 1. The molecule has 0 radical (unpaired) electrons. The van der Waals surface area contributed by atoms with Crippen LogP contribution in [0.2, 0.25) is 0 Å². The van der Waals surface area contributed by atoms with Gasteiger partial charge >= 0.3 is 0 Å². The molecule has 0 unspecified atom stereocenters. The lowest BCUT2D eigenvalue weighted by molar-refractivity contribution is -0.115. The summed E-state index contributed by atoms with van der Waals surface area (Å²) >= 11 is 1.50. The van der Waals surface area contributed by atoms with Crippen LogP contribution in [-0.2, 0) is 11.2 Å². The van der Waals surface area contributed by atoms with E-state index < -0.39 is 0 Å². The lowest BCUT2D eigenvalue weighted by atomic mass is 10.1. The molecule has 0 saturated heterocycles. The predicted octanol–water partition coefficient (Wildman–Crippen LogP) is 3.58. The number of carbonyl (C=O) groups excluding carboxylic acids is 2. The Morgan fingerprint density at radius 1 is 1.12 bits per heavy atom. The maximum atomic E-state index is 12.7. The zero-order valence-electron chi connectivity index (χ0n) is 13.8. The van der Waals surface area contributed by atoms with Crippen LogP contribution in [0.25, 0.3) is 0 Å². The van der Waals surface area contributed by atoms with Crippen molar-refractivity contribution < 1.29 is 9.59 Å². The van der Waals surface area contributed by atoms with Crippen LogP contribution in [0.1, 0.15) is 22.8 Å². The molecule has 1 aliphatic heterocycles. The van der Waals surface area contributed by atoms with Crippen LogP contribution in [0.4, 0.5) is 11.4 Å². The first-order chi connectivity index (χ1) is 11.6. The van der Waals surface area contributed by atoms with E-state index in [4.69, 9.17) is 0 Å². The maximum absolute atomic E-state index is 12.7. The molecule has 0 aromatic heterocycles. The molecule has 1 atom stereocenters. The van der Waals surface area contributed by atoms with Crippen LogP contribution in [0.3, 0.4) is 0 Å². The molecule has 24 heavy (non-hydrogen) atoms. The molecule has 124 valence electrons. The van der Waals surface area contributed by atoms with E-state index in [0.29, 0.717) is 17.8 Å². The van der Waals surface area contributed by atoms with Gasteiger partial charge in [0.05, 0.1) is 5.25 Å². The van der Waals surface area contributed by atoms with Gasteiger partial charge in [-0.05, 0) is 55.5 Å². The van der Waals surface area contributed by atoms with Gasteiger partial charge in [0.1, 0.15) is 0 Å². The van der Waals surface area contributed by atoms with Crippen molar-refractivity contribution >= 4 is 35.0 Å². The minimum absolute atomic E-state index is 0.00434. The number of benzene rings is 2. The molecule has 0 saturated carbocycles. The van der Waals surface area contributed by atoms with Gasteiger partial charge in [0.15, 0.2) is 0 Å². The van der Waals surface area contributed by atoms with Crippen LogP contribution in [-0.4, -0.2) is 29.9 Å². The van der Waals surface area contributed by atoms with E-state index >= 15 is 0 Å². The number of hydrogen-bond acceptors (Lipinski definition) is 3. The third kappa shape index (κ3) is 3.31. The number of nitrogens with one attached hydrogen (secondary N) is 1. The molecule has 0 aliphatic carbocycles. The summed E-state index contributed by atoms with van der Waals surface area (Å²) in [4.78, 5) is 26.5. The van der Waals surface area contributed by atoms with Gasteiger partial charge in [-0.3, -0.25) is 9.59 Å². The Labute approximate surface area is 146 Å². The molecule has 2 aromatic rings. The number of thioether (sulfide) groups is 1. The highest BCUT2D eigenvalue weighted by atomic mass is 32.2. The molecule has 1 aliphatic rings. The van der Waals surface area contributed by atoms with Gasteiger partial charge in [-0.25, -0.2) is 0 Å². The molecular weight excluding hydrogens is 320 g/mol. The van der Waals surface area contributed by atoms with Crippen molar-refractivity contribution in [2.24, 2.45) is 0 Å². The Balaban J connectivity index is 1.72. The van der Waals surface area contributed by atoms with Crippen LogP contribution < -0.4 is 10.2 Å². The zero-order valence-corrected chi connectivity index (χ0v) is 14.6. The molecule has 0 spiro atoms. The molecule has 3 rings (SSSR count). The Morgan fingerprint density at radius 3 is 2.54 bits per heavy atom. The summed E-state index contributed by atoms with van der Waals surface area (Å²) in [6.45, 7) is 2.57. The summed E-state index contributed by atoms with van der Waals surface area (Å²) < 4.78 is 0. The summed E-state index contributed by atoms with van der Waals surface area (Å²) in [5.41, 5.74) is 3.54.